The van der Waals surface area contributed by atoms with E-state index in [-0.39, 0.29) is 17.6 Å². The number of hydrogen-bond acceptors (Lipinski definition) is 5. The summed E-state index contributed by atoms with van der Waals surface area (Å²) in [6.45, 7) is 0.440. The molecule has 0 aliphatic rings. The minimum Gasteiger partial charge on any atom is -0.454 e. The monoisotopic (exact) mass is 390 g/mol. The molecule has 2 N–H and O–H groups in total. The summed E-state index contributed by atoms with van der Waals surface area (Å²) in [4.78, 5) is 24.7. The summed E-state index contributed by atoms with van der Waals surface area (Å²) < 4.78 is 8.85. The Labute approximate surface area is 165 Å². The van der Waals surface area contributed by atoms with Crippen LogP contribution in [0.15, 0.2) is 71.5 Å². The van der Waals surface area contributed by atoms with Gasteiger partial charge < -0.3 is 15.1 Å². The van der Waals surface area contributed by atoms with Gasteiger partial charge in [-0.1, -0.05) is 6.07 Å². The summed E-state index contributed by atoms with van der Waals surface area (Å²) >= 11 is 0. The Morgan fingerprint density at radius 3 is 2.48 bits per heavy atom. The molecule has 9 heteroatoms. The molecule has 0 unspecified atom stereocenters. The maximum absolute atomic E-state index is 12.5. The van der Waals surface area contributed by atoms with Gasteiger partial charge in [-0.05, 0) is 42.5 Å². The molecule has 0 spiro atoms. The second kappa shape index (κ2) is 7.85. The van der Waals surface area contributed by atoms with Crippen molar-refractivity contribution in [3.8, 4) is 0 Å². The van der Waals surface area contributed by atoms with E-state index in [1.165, 1.54) is 0 Å². The number of benzene rings is 1. The van der Waals surface area contributed by atoms with E-state index < -0.39 is 0 Å². The fourth-order valence-corrected chi connectivity index (χ4v) is 2.74. The van der Waals surface area contributed by atoms with Crippen molar-refractivity contribution in [3.05, 3.63) is 84.3 Å². The van der Waals surface area contributed by atoms with Gasteiger partial charge in [0.25, 0.3) is 11.8 Å². The van der Waals surface area contributed by atoms with Gasteiger partial charge >= 0.3 is 0 Å². The van der Waals surface area contributed by atoms with Gasteiger partial charge in [0.2, 0.25) is 0 Å². The third-order valence-electron chi connectivity index (χ3n) is 4.09. The number of amides is 2. The Bertz CT molecular complexity index is 1140. The van der Waals surface area contributed by atoms with E-state index in [9.17, 15) is 9.59 Å². The van der Waals surface area contributed by atoms with E-state index in [2.05, 4.69) is 20.8 Å². The fraction of sp³-hybridized carbons (Fsp3) is 0.100. The molecule has 0 aliphatic carbocycles. The summed E-state index contributed by atoms with van der Waals surface area (Å²) in [6, 6.07) is 13.6. The number of rotatable bonds is 6. The number of carbonyl (C=O) groups is 2. The number of anilines is 2. The van der Waals surface area contributed by atoms with Gasteiger partial charge in [-0.25, -0.2) is 0 Å². The fourth-order valence-electron chi connectivity index (χ4n) is 2.74. The molecular formula is C20H18N6O3. The molecule has 9 nitrogen and oxygen atoms in total. The summed E-state index contributed by atoms with van der Waals surface area (Å²) in [5.74, 6) is 0.0959. The van der Waals surface area contributed by atoms with Gasteiger partial charge in [0, 0.05) is 37.0 Å². The van der Waals surface area contributed by atoms with Crippen molar-refractivity contribution in [2.24, 2.45) is 7.05 Å². The van der Waals surface area contributed by atoms with Crippen molar-refractivity contribution in [2.45, 2.75) is 6.54 Å². The minimum absolute atomic E-state index is 0.190. The normalized spacial score (nSPS) is 10.7. The first-order chi connectivity index (χ1) is 14.1. The molecule has 1 aromatic carbocycles. The van der Waals surface area contributed by atoms with Crippen molar-refractivity contribution in [3.63, 3.8) is 0 Å². The molecule has 29 heavy (non-hydrogen) atoms. The number of aryl methyl sites for hydroxylation is 1. The van der Waals surface area contributed by atoms with Crippen LogP contribution in [0.25, 0.3) is 0 Å². The lowest BCUT2D eigenvalue weighted by molar-refractivity contribution is 0.0993. The van der Waals surface area contributed by atoms with E-state index in [0.29, 0.717) is 29.4 Å². The zero-order chi connectivity index (χ0) is 20.2. The van der Waals surface area contributed by atoms with Crippen LogP contribution in [0.4, 0.5) is 11.4 Å². The Morgan fingerprint density at radius 1 is 1.00 bits per heavy atom. The Kier molecular flexibility index (Phi) is 4.93. The van der Waals surface area contributed by atoms with E-state index in [4.69, 9.17) is 4.42 Å². The van der Waals surface area contributed by atoms with Gasteiger partial charge in [-0.3, -0.25) is 19.0 Å². The van der Waals surface area contributed by atoms with Crippen molar-refractivity contribution < 1.29 is 14.0 Å². The largest absolute Gasteiger partial charge is 0.454 e. The molecule has 3 heterocycles. The van der Waals surface area contributed by atoms with Crippen LogP contribution in [-0.4, -0.2) is 31.4 Å². The lowest BCUT2D eigenvalue weighted by atomic mass is 10.2. The molecule has 0 bridgehead atoms. The van der Waals surface area contributed by atoms with Crippen LogP contribution in [-0.2, 0) is 13.6 Å². The Hall–Kier alpha value is -4.14. The van der Waals surface area contributed by atoms with E-state index in [0.717, 1.165) is 0 Å². The molecule has 0 radical (unpaired) electrons. The number of hydrogen-bond donors (Lipinski definition) is 2. The minimum atomic E-state index is -0.384. The second-order valence-electron chi connectivity index (χ2n) is 6.33. The van der Waals surface area contributed by atoms with Crippen LogP contribution in [0.3, 0.4) is 0 Å². The van der Waals surface area contributed by atoms with Gasteiger partial charge in [-0.15, -0.1) is 0 Å². The first kappa shape index (κ1) is 18.2. The average molecular weight is 390 g/mol. The lowest BCUT2D eigenvalue weighted by Gasteiger charge is -2.07. The number of aromatic nitrogens is 4. The summed E-state index contributed by atoms with van der Waals surface area (Å²) in [5, 5.41) is 13.7. The van der Waals surface area contributed by atoms with Crippen molar-refractivity contribution in [1.29, 1.82) is 0 Å². The molecule has 2 amide bonds. The smallest absolute Gasteiger partial charge is 0.291 e. The summed E-state index contributed by atoms with van der Waals surface area (Å²) in [7, 11) is 1.74. The molecule has 0 saturated heterocycles. The SMILES string of the molecule is Cn1ccc(C(=O)Nc2cccc(NC(=O)c3ccc(Cn4cccn4)o3)c2)n1. The highest BCUT2D eigenvalue weighted by molar-refractivity contribution is 6.04. The predicted octanol–water partition coefficient (Wildman–Crippen LogP) is 2.76. The summed E-state index contributed by atoms with van der Waals surface area (Å²) in [6.07, 6.45) is 5.18. The van der Waals surface area contributed by atoms with Crippen LogP contribution in [0, 0.1) is 0 Å². The highest BCUT2D eigenvalue weighted by Crippen LogP contribution is 2.18. The molecule has 0 atom stereocenters. The van der Waals surface area contributed by atoms with Gasteiger partial charge in [0.05, 0.1) is 6.54 Å². The van der Waals surface area contributed by atoms with E-state index >= 15 is 0 Å². The standard InChI is InChI=1S/C20H18N6O3/c1-25-11-8-17(24-25)19(27)22-14-4-2-5-15(12-14)23-20(28)18-7-6-16(29-18)13-26-10-3-9-21-26/h2-12H,13H2,1H3,(H,22,27)(H,23,28). The van der Waals surface area contributed by atoms with Gasteiger partial charge in [0.1, 0.15) is 5.76 Å². The van der Waals surface area contributed by atoms with Crippen LogP contribution in [0.2, 0.25) is 0 Å². The highest BCUT2D eigenvalue weighted by atomic mass is 16.4. The van der Waals surface area contributed by atoms with Crippen LogP contribution in [0.1, 0.15) is 26.8 Å². The van der Waals surface area contributed by atoms with Gasteiger partial charge in [0.15, 0.2) is 11.5 Å². The molecule has 3 aromatic heterocycles. The quantitative estimate of drug-likeness (QED) is 0.526. The van der Waals surface area contributed by atoms with Crippen molar-refractivity contribution >= 4 is 23.2 Å². The lowest BCUT2D eigenvalue weighted by Crippen LogP contribution is -2.14. The topological polar surface area (TPSA) is 107 Å². The third-order valence-corrected chi connectivity index (χ3v) is 4.09. The number of furan rings is 1. The molecule has 4 aromatic rings. The predicted molar refractivity (Wildman–Crippen MR) is 106 cm³/mol. The number of carbonyl (C=O) groups excluding carboxylic acids is 2. The third kappa shape index (κ3) is 4.41. The molecule has 0 fully saturated rings. The van der Waals surface area contributed by atoms with Crippen LogP contribution >= 0.6 is 0 Å². The van der Waals surface area contributed by atoms with Gasteiger partial charge in [-0.2, -0.15) is 10.2 Å². The molecule has 4 rings (SSSR count). The molecule has 0 saturated carbocycles. The van der Waals surface area contributed by atoms with E-state index in [1.807, 2.05) is 12.3 Å². The zero-order valence-corrected chi connectivity index (χ0v) is 15.6. The van der Waals surface area contributed by atoms with Crippen molar-refractivity contribution in [1.82, 2.24) is 19.6 Å². The second-order valence-corrected chi connectivity index (χ2v) is 6.33. The maximum atomic E-state index is 12.5. The van der Waals surface area contributed by atoms with Crippen molar-refractivity contribution in [2.75, 3.05) is 10.6 Å². The zero-order valence-electron chi connectivity index (χ0n) is 15.6. The summed E-state index contributed by atoms with van der Waals surface area (Å²) in [5.41, 5.74) is 1.37. The first-order valence-electron chi connectivity index (χ1n) is 8.85. The average Bonchev–Trinajstić information content (AvgIpc) is 3.45. The molecule has 0 aliphatic heterocycles. The number of nitrogens with one attached hydrogen (secondary N) is 2. The number of nitrogens with zero attached hydrogens (tertiary/aromatic N) is 4. The molecule has 146 valence electrons. The van der Waals surface area contributed by atoms with E-state index in [1.54, 1.807) is 71.3 Å². The van der Waals surface area contributed by atoms with Crippen LogP contribution in [0.5, 0.6) is 0 Å². The first-order valence-corrected chi connectivity index (χ1v) is 8.85. The molecular weight excluding hydrogens is 372 g/mol. The van der Waals surface area contributed by atoms with Crippen LogP contribution < -0.4 is 10.6 Å². The maximum Gasteiger partial charge on any atom is 0.291 e. The highest BCUT2D eigenvalue weighted by Gasteiger charge is 2.13. The Balaban J connectivity index is 1.40. The Morgan fingerprint density at radius 2 is 1.79 bits per heavy atom.